The van der Waals surface area contributed by atoms with E-state index in [9.17, 15) is 14.7 Å². The molecule has 3 atom stereocenters. The third-order valence-corrected chi connectivity index (χ3v) is 6.67. The molecule has 0 unspecified atom stereocenters. The normalized spacial score (nSPS) is 13.3. The molecule has 1 aromatic carbocycles. The van der Waals surface area contributed by atoms with Crippen molar-refractivity contribution in [1.29, 1.82) is 0 Å². The third kappa shape index (κ3) is 9.53. The number of aliphatic hydroxyl groups is 1. The van der Waals surface area contributed by atoms with Gasteiger partial charge in [-0.25, -0.2) is 14.8 Å². The molecule has 0 bridgehead atoms. The lowest BCUT2D eigenvalue weighted by Gasteiger charge is -2.24. The number of aliphatic hydroxyl groups excluding tert-OH is 1. The summed E-state index contributed by atoms with van der Waals surface area (Å²) in [6.07, 6.45) is 3.94. The monoisotopic (exact) mass is 587 g/mol. The quantitative estimate of drug-likeness (QED) is 0.144. The van der Waals surface area contributed by atoms with E-state index in [0.29, 0.717) is 54.0 Å². The van der Waals surface area contributed by atoms with E-state index in [-0.39, 0.29) is 25.2 Å². The molecule has 2 heterocycles. The van der Waals surface area contributed by atoms with E-state index in [0.717, 1.165) is 11.1 Å². The number of anilines is 1. The van der Waals surface area contributed by atoms with Crippen molar-refractivity contribution in [1.82, 2.24) is 20.3 Å². The summed E-state index contributed by atoms with van der Waals surface area (Å²) in [5.74, 6) is -0.422. The number of halogens is 1. The Kier molecular flexibility index (Phi) is 12.5. The minimum absolute atomic E-state index is 0.0952. The molecule has 0 saturated carbocycles. The smallest absolute Gasteiger partial charge is 0.332 e. The molecule has 0 saturated heterocycles. The van der Waals surface area contributed by atoms with Crippen molar-refractivity contribution < 1.29 is 28.9 Å². The van der Waals surface area contributed by atoms with Crippen LogP contribution in [0.2, 0.25) is 5.02 Å². The highest BCUT2D eigenvalue weighted by Crippen LogP contribution is 2.25. The van der Waals surface area contributed by atoms with Crippen LogP contribution >= 0.6 is 11.6 Å². The van der Waals surface area contributed by atoms with E-state index in [4.69, 9.17) is 25.8 Å². The Hall–Kier alpha value is -3.51. The van der Waals surface area contributed by atoms with Gasteiger partial charge >= 0.3 is 5.97 Å². The average molecular weight is 588 g/mol. The number of carbonyl (C=O) groups excluding carboxylic acids is 2. The van der Waals surface area contributed by atoms with Crippen molar-refractivity contribution in [2.24, 2.45) is 0 Å². The molecule has 0 radical (unpaired) electrons. The molecule has 12 heteroatoms. The Bertz CT molecular complexity index is 1290. The number of ether oxygens (including phenoxy) is 3. The minimum Gasteiger partial charge on any atom is -0.459 e. The van der Waals surface area contributed by atoms with E-state index < -0.39 is 18.1 Å². The van der Waals surface area contributed by atoms with Gasteiger partial charge in [-0.3, -0.25) is 4.79 Å². The number of hydrogen-bond acceptors (Lipinski definition) is 9. The fourth-order valence-corrected chi connectivity index (χ4v) is 4.41. The van der Waals surface area contributed by atoms with Crippen LogP contribution in [0.1, 0.15) is 54.3 Å². The number of carbonyl (C=O) groups is 2. The molecule has 4 N–H and O–H groups in total. The van der Waals surface area contributed by atoms with Crippen molar-refractivity contribution in [3.05, 3.63) is 64.6 Å². The van der Waals surface area contributed by atoms with Crippen LogP contribution in [-0.2, 0) is 19.0 Å². The summed E-state index contributed by atoms with van der Waals surface area (Å²) in [4.78, 5) is 37.3. The highest BCUT2D eigenvalue weighted by Gasteiger charge is 2.22. The molecule has 41 heavy (non-hydrogen) atoms. The zero-order chi connectivity index (χ0) is 29.8. The lowest BCUT2D eigenvalue weighted by Crippen LogP contribution is -2.36. The van der Waals surface area contributed by atoms with Gasteiger partial charge in [0.25, 0.3) is 5.91 Å². The number of methoxy groups -OCH3 is 1. The minimum atomic E-state index is -0.464. The molecule has 1 amide bonds. The molecule has 0 aliphatic rings. The summed E-state index contributed by atoms with van der Waals surface area (Å²) in [7, 11) is 1.56. The first-order valence-corrected chi connectivity index (χ1v) is 13.9. The van der Waals surface area contributed by atoms with Crippen LogP contribution < -0.4 is 10.6 Å². The van der Waals surface area contributed by atoms with Crippen LogP contribution in [0.4, 0.5) is 5.95 Å². The van der Waals surface area contributed by atoms with Crippen molar-refractivity contribution in [3.63, 3.8) is 0 Å². The Balaban J connectivity index is 1.68. The van der Waals surface area contributed by atoms with Gasteiger partial charge in [0, 0.05) is 36.7 Å². The number of nitrogens with zero attached hydrogens (tertiary/aromatic N) is 2. The fraction of sp³-hybridized carbons (Fsp3) is 0.448. The molecule has 0 aliphatic carbocycles. The van der Waals surface area contributed by atoms with Crippen LogP contribution in [0.3, 0.4) is 0 Å². The highest BCUT2D eigenvalue weighted by atomic mass is 35.5. The predicted octanol–water partition coefficient (Wildman–Crippen LogP) is 4.07. The van der Waals surface area contributed by atoms with E-state index in [1.54, 1.807) is 50.7 Å². The van der Waals surface area contributed by atoms with E-state index >= 15 is 0 Å². The number of aromatic nitrogens is 3. The van der Waals surface area contributed by atoms with Crippen molar-refractivity contribution in [2.75, 3.05) is 38.9 Å². The molecule has 0 fully saturated rings. The first-order chi connectivity index (χ1) is 19.7. The standard InChI is InChI=1S/C29H38ClN5O6/c1-5-23(19(3)41-26(37)17-40-12-11-39-4)34-29-32-15-18(2)27(35-29)21-14-25(31-16-21)28(38)33-24(9-10-36)20-7-6-8-22(30)13-20/h6-8,13-16,19,23-24,31,36H,5,9-12,17H2,1-4H3,(H,33,38)(H,32,34,35)/t19-,23+,24+/m0/s1. The number of amides is 1. The van der Waals surface area contributed by atoms with Crippen molar-refractivity contribution in [3.8, 4) is 11.3 Å². The van der Waals surface area contributed by atoms with Crippen molar-refractivity contribution >= 4 is 29.4 Å². The number of hydrogen-bond donors (Lipinski definition) is 4. The van der Waals surface area contributed by atoms with Crippen LogP contribution in [0.5, 0.6) is 0 Å². The zero-order valence-electron chi connectivity index (χ0n) is 23.8. The third-order valence-electron chi connectivity index (χ3n) is 6.44. The van der Waals surface area contributed by atoms with Crippen LogP contribution in [0, 0.1) is 6.92 Å². The second-order valence-electron chi connectivity index (χ2n) is 9.52. The Morgan fingerprint density at radius 1 is 1.22 bits per heavy atom. The van der Waals surface area contributed by atoms with Gasteiger partial charge in [0.2, 0.25) is 5.95 Å². The maximum Gasteiger partial charge on any atom is 0.332 e. The topological polar surface area (TPSA) is 148 Å². The maximum atomic E-state index is 13.1. The number of rotatable bonds is 16. The van der Waals surface area contributed by atoms with Crippen molar-refractivity contribution in [2.45, 2.75) is 51.8 Å². The van der Waals surface area contributed by atoms with E-state index in [2.05, 4.69) is 25.6 Å². The molecular formula is C29H38ClN5O6. The molecule has 11 nitrogen and oxygen atoms in total. The summed E-state index contributed by atoms with van der Waals surface area (Å²) in [5, 5.41) is 16.3. The fourth-order valence-electron chi connectivity index (χ4n) is 4.21. The molecule has 0 spiro atoms. The number of aromatic amines is 1. The SMILES string of the molecule is CC[C@@H](Nc1ncc(C)c(-c2c[nH]c(C(=O)N[C@H](CCO)c3cccc(Cl)c3)c2)n1)[C@H](C)OC(=O)COCCOC. The zero-order valence-corrected chi connectivity index (χ0v) is 24.5. The van der Waals surface area contributed by atoms with Gasteiger partial charge in [-0.1, -0.05) is 30.7 Å². The lowest BCUT2D eigenvalue weighted by molar-refractivity contribution is -0.154. The first kappa shape index (κ1) is 32.0. The van der Waals surface area contributed by atoms with Crippen LogP contribution in [0.25, 0.3) is 11.3 Å². The number of esters is 1. The van der Waals surface area contributed by atoms with Gasteiger partial charge < -0.3 is 34.9 Å². The molecule has 3 aromatic rings. The molecule has 0 aliphatic heterocycles. The van der Waals surface area contributed by atoms with Gasteiger partial charge in [-0.15, -0.1) is 0 Å². The first-order valence-electron chi connectivity index (χ1n) is 13.5. The van der Waals surface area contributed by atoms with Gasteiger partial charge in [0.1, 0.15) is 18.4 Å². The summed E-state index contributed by atoms with van der Waals surface area (Å²) >= 11 is 6.12. The summed E-state index contributed by atoms with van der Waals surface area (Å²) in [6, 6.07) is 8.25. The predicted molar refractivity (Wildman–Crippen MR) is 156 cm³/mol. The molecular weight excluding hydrogens is 550 g/mol. The summed E-state index contributed by atoms with van der Waals surface area (Å²) < 4.78 is 15.6. The van der Waals surface area contributed by atoms with E-state index in [1.165, 1.54) is 0 Å². The molecule has 2 aromatic heterocycles. The molecule has 3 rings (SSSR count). The van der Waals surface area contributed by atoms with Gasteiger partial charge in [0.15, 0.2) is 0 Å². The Labute approximate surface area is 245 Å². The number of nitrogens with one attached hydrogen (secondary N) is 3. The van der Waals surface area contributed by atoms with Gasteiger partial charge in [0.05, 0.1) is 31.0 Å². The van der Waals surface area contributed by atoms with Gasteiger partial charge in [-0.2, -0.15) is 0 Å². The number of benzene rings is 1. The summed E-state index contributed by atoms with van der Waals surface area (Å²) in [5.41, 5.74) is 3.32. The summed E-state index contributed by atoms with van der Waals surface area (Å²) in [6.45, 7) is 6.11. The van der Waals surface area contributed by atoms with Crippen LogP contribution in [-0.4, -0.2) is 77.6 Å². The van der Waals surface area contributed by atoms with E-state index in [1.807, 2.05) is 19.9 Å². The van der Waals surface area contributed by atoms with Crippen LogP contribution in [0.15, 0.2) is 42.7 Å². The second kappa shape index (κ2) is 16.1. The number of H-pyrrole nitrogens is 1. The highest BCUT2D eigenvalue weighted by molar-refractivity contribution is 6.30. The van der Waals surface area contributed by atoms with Gasteiger partial charge in [-0.05, 0) is 56.0 Å². The second-order valence-corrected chi connectivity index (χ2v) is 9.96. The Morgan fingerprint density at radius 3 is 2.73 bits per heavy atom. The Morgan fingerprint density at radius 2 is 2.02 bits per heavy atom. The maximum absolute atomic E-state index is 13.1. The largest absolute Gasteiger partial charge is 0.459 e. The lowest BCUT2D eigenvalue weighted by atomic mass is 10.0. The average Bonchev–Trinajstić information content (AvgIpc) is 3.45. The molecule has 222 valence electrons. The number of aryl methyl sites for hydroxylation is 1.